The molecule has 2 heteroatoms. The zero-order chi connectivity index (χ0) is 11.9. The van der Waals surface area contributed by atoms with E-state index < -0.39 is 0 Å². The third-order valence-corrected chi connectivity index (χ3v) is 3.57. The molecule has 0 heterocycles. The maximum Gasteiger partial charge on any atom is 0.0580 e. The summed E-state index contributed by atoms with van der Waals surface area (Å²) in [6.07, 6.45) is 2.14. The summed E-state index contributed by atoms with van der Waals surface area (Å²) in [5.41, 5.74) is 1.08. The van der Waals surface area contributed by atoms with Gasteiger partial charge in [-0.15, -0.1) is 0 Å². The van der Waals surface area contributed by atoms with Gasteiger partial charge in [-0.05, 0) is 32.2 Å². The summed E-state index contributed by atoms with van der Waals surface area (Å²) in [5, 5.41) is 3.35. The Morgan fingerprint density at radius 2 is 1.94 bits per heavy atom. The van der Waals surface area contributed by atoms with Gasteiger partial charge in [0.2, 0.25) is 0 Å². The van der Waals surface area contributed by atoms with Crippen molar-refractivity contribution in [1.29, 1.82) is 0 Å². The lowest BCUT2D eigenvalue weighted by molar-refractivity contribution is 0.625. The van der Waals surface area contributed by atoms with Crippen LogP contribution >= 0.6 is 11.8 Å². The highest BCUT2D eigenvalue weighted by Crippen LogP contribution is 2.19. The van der Waals surface area contributed by atoms with E-state index in [9.17, 15) is 0 Å². The highest BCUT2D eigenvalue weighted by atomic mass is 32.2. The van der Waals surface area contributed by atoms with Crippen LogP contribution in [0.4, 0.5) is 0 Å². The second kappa shape index (κ2) is 6.62. The van der Waals surface area contributed by atoms with Crippen molar-refractivity contribution in [3.05, 3.63) is 35.9 Å². The zero-order valence-electron chi connectivity index (χ0n) is 10.2. The van der Waals surface area contributed by atoms with Crippen LogP contribution in [0.15, 0.2) is 30.3 Å². The van der Waals surface area contributed by atoms with E-state index >= 15 is 0 Å². The third kappa shape index (κ3) is 5.25. The Morgan fingerprint density at radius 1 is 1.25 bits per heavy atom. The molecule has 0 bridgehead atoms. The lowest BCUT2D eigenvalue weighted by Crippen LogP contribution is -2.32. The first-order valence-electron chi connectivity index (χ1n) is 5.44. The minimum absolute atomic E-state index is 0.286. The standard InChI is InChI=1S/C14H19NS/c1-14(2,16-3)12-15-11-7-10-13-8-5-4-6-9-13/h4-6,8-9,15H,11-12H2,1-3H3. The Balaban J connectivity index is 2.29. The molecule has 0 amide bonds. The van der Waals surface area contributed by atoms with Gasteiger partial charge in [-0.1, -0.05) is 30.0 Å². The Labute approximate surface area is 103 Å². The van der Waals surface area contributed by atoms with Gasteiger partial charge in [0.25, 0.3) is 0 Å². The van der Waals surface area contributed by atoms with Gasteiger partial charge in [-0.25, -0.2) is 0 Å². The van der Waals surface area contributed by atoms with Crippen molar-refractivity contribution < 1.29 is 0 Å². The van der Waals surface area contributed by atoms with Gasteiger partial charge in [0.05, 0.1) is 6.54 Å². The van der Waals surface area contributed by atoms with E-state index in [1.54, 1.807) is 0 Å². The van der Waals surface area contributed by atoms with Gasteiger partial charge in [0.1, 0.15) is 0 Å². The summed E-state index contributed by atoms with van der Waals surface area (Å²) >= 11 is 1.87. The number of rotatable bonds is 4. The van der Waals surface area contributed by atoms with E-state index in [2.05, 4.69) is 37.3 Å². The predicted octanol–water partition coefficient (Wildman–Crippen LogP) is 2.77. The number of hydrogen-bond acceptors (Lipinski definition) is 2. The molecule has 1 rings (SSSR count). The molecule has 86 valence electrons. The van der Waals surface area contributed by atoms with Crippen molar-refractivity contribution in [2.75, 3.05) is 19.3 Å². The quantitative estimate of drug-likeness (QED) is 0.634. The lowest BCUT2D eigenvalue weighted by atomic mass is 10.2. The van der Waals surface area contributed by atoms with E-state index in [0.29, 0.717) is 0 Å². The summed E-state index contributed by atoms with van der Waals surface area (Å²) in [4.78, 5) is 0. The number of thioether (sulfide) groups is 1. The number of nitrogens with one attached hydrogen (secondary N) is 1. The zero-order valence-corrected chi connectivity index (χ0v) is 11.0. The van der Waals surface area contributed by atoms with Gasteiger partial charge in [-0.2, -0.15) is 11.8 Å². The number of benzene rings is 1. The molecule has 0 saturated heterocycles. The molecule has 0 fully saturated rings. The molecule has 0 atom stereocenters. The van der Waals surface area contributed by atoms with Gasteiger partial charge < -0.3 is 5.32 Å². The second-order valence-corrected chi connectivity index (χ2v) is 5.75. The smallest absolute Gasteiger partial charge is 0.0580 e. The molecule has 0 saturated carbocycles. The molecular weight excluding hydrogens is 214 g/mol. The molecule has 1 aromatic carbocycles. The second-order valence-electron chi connectivity index (χ2n) is 4.24. The molecule has 0 aliphatic heterocycles. The maximum absolute atomic E-state index is 3.35. The largest absolute Gasteiger partial charge is 0.305 e. The molecule has 1 nitrogen and oxygen atoms in total. The fourth-order valence-electron chi connectivity index (χ4n) is 1.17. The molecule has 0 radical (unpaired) electrons. The minimum atomic E-state index is 0.286. The maximum atomic E-state index is 3.35. The van der Waals surface area contributed by atoms with Gasteiger partial charge in [-0.3, -0.25) is 0 Å². The van der Waals surface area contributed by atoms with Crippen molar-refractivity contribution in [1.82, 2.24) is 5.32 Å². The van der Waals surface area contributed by atoms with Crippen molar-refractivity contribution in [2.45, 2.75) is 18.6 Å². The molecule has 0 aliphatic carbocycles. The Hall–Kier alpha value is -0.910. The predicted molar refractivity (Wildman–Crippen MR) is 73.8 cm³/mol. The lowest BCUT2D eigenvalue weighted by Gasteiger charge is -2.21. The van der Waals surface area contributed by atoms with Gasteiger partial charge in [0.15, 0.2) is 0 Å². The SMILES string of the molecule is CSC(C)(C)CNCC#Cc1ccccc1. The Bertz CT molecular complexity index is 359. The summed E-state index contributed by atoms with van der Waals surface area (Å²) in [7, 11) is 0. The van der Waals surface area contributed by atoms with Crippen molar-refractivity contribution in [3.63, 3.8) is 0 Å². The summed E-state index contributed by atoms with van der Waals surface area (Å²) in [5.74, 6) is 6.26. The summed E-state index contributed by atoms with van der Waals surface area (Å²) in [6.45, 7) is 6.20. The van der Waals surface area contributed by atoms with Crippen LogP contribution in [0.5, 0.6) is 0 Å². The Kier molecular flexibility index (Phi) is 5.45. The average Bonchev–Trinajstić information content (AvgIpc) is 2.30. The van der Waals surface area contributed by atoms with Crippen LogP contribution in [0.1, 0.15) is 19.4 Å². The van der Waals surface area contributed by atoms with Crippen LogP contribution in [-0.2, 0) is 0 Å². The van der Waals surface area contributed by atoms with Crippen LogP contribution in [-0.4, -0.2) is 24.1 Å². The van der Waals surface area contributed by atoms with E-state index in [4.69, 9.17) is 0 Å². The van der Waals surface area contributed by atoms with Crippen LogP contribution in [0, 0.1) is 11.8 Å². The molecule has 0 aromatic heterocycles. The molecule has 1 aromatic rings. The molecule has 1 N–H and O–H groups in total. The van der Waals surface area contributed by atoms with Crippen LogP contribution in [0.25, 0.3) is 0 Å². The first-order valence-corrected chi connectivity index (χ1v) is 6.66. The molecule has 0 aliphatic rings. The fourth-order valence-corrected chi connectivity index (χ4v) is 1.41. The first-order chi connectivity index (χ1) is 7.64. The monoisotopic (exact) mass is 233 g/mol. The van der Waals surface area contributed by atoms with Crippen molar-refractivity contribution >= 4 is 11.8 Å². The van der Waals surface area contributed by atoms with E-state index in [-0.39, 0.29) is 4.75 Å². The normalized spacial score (nSPS) is 10.7. The topological polar surface area (TPSA) is 12.0 Å². The van der Waals surface area contributed by atoms with Crippen LogP contribution in [0.3, 0.4) is 0 Å². The van der Waals surface area contributed by atoms with Crippen LogP contribution < -0.4 is 5.32 Å². The molecular formula is C14H19NS. The van der Waals surface area contributed by atoms with E-state index in [1.165, 1.54) is 0 Å². The van der Waals surface area contributed by atoms with E-state index in [1.807, 2.05) is 42.1 Å². The summed E-state index contributed by atoms with van der Waals surface area (Å²) < 4.78 is 0.286. The van der Waals surface area contributed by atoms with Crippen LogP contribution in [0.2, 0.25) is 0 Å². The highest BCUT2D eigenvalue weighted by Gasteiger charge is 2.13. The Morgan fingerprint density at radius 3 is 2.56 bits per heavy atom. The molecule has 16 heavy (non-hydrogen) atoms. The minimum Gasteiger partial charge on any atom is -0.305 e. The molecule has 0 unspecified atom stereocenters. The first kappa shape index (κ1) is 13.2. The van der Waals surface area contributed by atoms with Crippen molar-refractivity contribution in [3.8, 4) is 11.8 Å². The average molecular weight is 233 g/mol. The third-order valence-electron chi connectivity index (χ3n) is 2.32. The van der Waals surface area contributed by atoms with E-state index in [0.717, 1.165) is 18.7 Å². The summed E-state index contributed by atoms with van der Waals surface area (Å²) in [6, 6.07) is 10.1. The van der Waals surface area contributed by atoms with Gasteiger partial charge >= 0.3 is 0 Å². The highest BCUT2D eigenvalue weighted by molar-refractivity contribution is 7.99. The number of hydrogen-bond donors (Lipinski definition) is 1. The van der Waals surface area contributed by atoms with Gasteiger partial charge in [0, 0.05) is 16.9 Å². The van der Waals surface area contributed by atoms with Crippen molar-refractivity contribution in [2.24, 2.45) is 0 Å². The fraction of sp³-hybridized carbons (Fsp3) is 0.429. The molecule has 0 spiro atoms.